The van der Waals surface area contributed by atoms with Gasteiger partial charge in [-0.3, -0.25) is 4.79 Å². The molecule has 0 radical (unpaired) electrons. The highest BCUT2D eigenvalue weighted by Crippen LogP contribution is 2.35. The molecule has 0 unspecified atom stereocenters. The number of nitrogens with zero attached hydrogens (tertiary/aromatic N) is 1. The Balaban J connectivity index is 1.70. The largest absolute Gasteiger partial charge is 0.486 e. The van der Waals surface area contributed by atoms with Gasteiger partial charge in [-0.15, -0.1) is 11.3 Å². The number of amides is 1. The van der Waals surface area contributed by atoms with Crippen molar-refractivity contribution in [1.82, 2.24) is 0 Å². The van der Waals surface area contributed by atoms with Crippen LogP contribution in [0.25, 0.3) is 0 Å². The van der Waals surface area contributed by atoms with Crippen molar-refractivity contribution in [2.24, 2.45) is 0 Å². The van der Waals surface area contributed by atoms with E-state index in [1.807, 2.05) is 35.7 Å². The second kappa shape index (κ2) is 6.41. The van der Waals surface area contributed by atoms with Crippen LogP contribution >= 0.6 is 11.3 Å². The number of ether oxygens (including phenoxy) is 2. The van der Waals surface area contributed by atoms with Crippen LogP contribution in [0.15, 0.2) is 58.7 Å². The lowest BCUT2D eigenvalue weighted by molar-refractivity contribution is 0.0984. The van der Waals surface area contributed by atoms with Crippen molar-refractivity contribution in [1.29, 1.82) is 0 Å². The maximum absolute atomic E-state index is 12.9. The maximum atomic E-state index is 12.9. The molecule has 122 valence electrons. The molecule has 1 amide bonds. The zero-order chi connectivity index (χ0) is 16.4. The number of hydrogen-bond donors (Lipinski definition) is 0. The molecule has 3 heterocycles. The summed E-state index contributed by atoms with van der Waals surface area (Å²) < 4.78 is 16.3. The minimum Gasteiger partial charge on any atom is -0.486 e. The Kier molecular flexibility index (Phi) is 3.96. The van der Waals surface area contributed by atoms with E-state index >= 15 is 0 Å². The number of carbonyl (C=O) groups excluding carboxylic acids is 1. The van der Waals surface area contributed by atoms with Gasteiger partial charge in [0, 0.05) is 16.6 Å². The summed E-state index contributed by atoms with van der Waals surface area (Å²) in [5, 5.41) is 2.00. The van der Waals surface area contributed by atoms with Crippen molar-refractivity contribution in [3.05, 3.63) is 64.7 Å². The summed E-state index contributed by atoms with van der Waals surface area (Å²) in [6, 6.07) is 11.2. The van der Waals surface area contributed by atoms with E-state index in [2.05, 4.69) is 0 Å². The van der Waals surface area contributed by atoms with Gasteiger partial charge < -0.3 is 18.8 Å². The Morgan fingerprint density at radius 1 is 1.12 bits per heavy atom. The summed E-state index contributed by atoms with van der Waals surface area (Å²) in [5.74, 6) is 1.25. The number of fused-ring (bicyclic) bond motifs is 1. The molecule has 0 bridgehead atoms. The molecule has 6 heteroatoms. The topological polar surface area (TPSA) is 51.9 Å². The van der Waals surface area contributed by atoms with Crippen molar-refractivity contribution in [2.75, 3.05) is 18.1 Å². The lowest BCUT2D eigenvalue weighted by atomic mass is 10.2. The Hall–Kier alpha value is -2.73. The molecule has 0 aliphatic carbocycles. The molecular weight excluding hydrogens is 326 g/mol. The number of carbonyl (C=O) groups is 1. The van der Waals surface area contributed by atoms with Gasteiger partial charge in [0.1, 0.15) is 19.5 Å². The number of furan rings is 1. The molecule has 0 saturated carbocycles. The molecule has 1 aliphatic rings. The molecule has 0 N–H and O–H groups in total. The van der Waals surface area contributed by atoms with E-state index in [0.717, 1.165) is 10.6 Å². The van der Waals surface area contributed by atoms with Gasteiger partial charge >= 0.3 is 0 Å². The van der Waals surface area contributed by atoms with E-state index in [-0.39, 0.29) is 5.91 Å². The summed E-state index contributed by atoms with van der Waals surface area (Å²) in [7, 11) is 0. The highest BCUT2D eigenvalue weighted by Gasteiger charge is 2.22. The fourth-order valence-corrected chi connectivity index (χ4v) is 3.27. The van der Waals surface area contributed by atoms with E-state index in [4.69, 9.17) is 13.9 Å². The number of thiophene rings is 1. The van der Waals surface area contributed by atoms with Crippen molar-refractivity contribution in [3.63, 3.8) is 0 Å². The Morgan fingerprint density at radius 3 is 2.75 bits per heavy atom. The van der Waals surface area contributed by atoms with Crippen molar-refractivity contribution in [2.45, 2.75) is 6.54 Å². The first-order valence-electron chi connectivity index (χ1n) is 7.57. The normalized spacial score (nSPS) is 12.8. The van der Waals surface area contributed by atoms with Gasteiger partial charge in [0.05, 0.1) is 18.4 Å². The van der Waals surface area contributed by atoms with Crippen LogP contribution in [-0.2, 0) is 6.54 Å². The van der Waals surface area contributed by atoms with Gasteiger partial charge in [0.2, 0.25) is 0 Å². The van der Waals surface area contributed by atoms with E-state index < -0.39 is 0 Å². The van der Waals surface area contributed by atoms with Gasteiger partial charge in [-0.2, -0.15) is 0 Å². The van der Waals surface area contributed by atoms with E-state index in [1.165, 1.54) is 12.5 Å². The molecule has 0 atom stereocenters. The van der Waals surface area contributed by atoms with Crippen LogP contribution in [0.4, 0.5) is 5.69 Å². The average molecular weight is 341 g/mol. The summed E-state index contributed by atoms with van der Waals surface area (Å²) in [6.45, 7) is 1.54. The van der Waals surface area contributed by atoms with Crippen LogP contribution in [-0.4, -0.2) is 19.1 Å². The van der Waals surface area contributed by atoms with Gasteiger partial charge in [-0.1, -0.05) is 6.07 Å². The van der Waals surface area contributed by atoms with Crippen molar-refractivity contribution in [3.8, 4) is 11.5 Å². The zero-order valence-corrected chi connectivity index (χ0v) is 13.6. The Morgan fingerprint density at radius 2 is 2.00 bits per heavy atom. The molecule has 0 fully saturated rings. The minimum absolute atomic E-state index is 0.117. The van der Waals surface area contributed by atoms with E-state index in [0.29, 0.717) is 36.8 Å². The molecule has 1 aliphatic heterocycles. The van der Waals surface area contributed by atoms with Crippen LogP contribution in [0.2, 0.25) is 0 Å². The first-order valence-corrected chi connectivity index (χ1v) is 8.45. The number of rotatable bonds is 4. The zero-order valence-electron chi connectivity index (χ0n) is 12.8. The highest BCUT2D eigenvalue weighted by atomic mass is 32.1. The highest BCUT2D eigenvalue weighted by molar-refractivity contribution is 7.09. The third-order valence-electron chi connectivity index (χ3n) is 3.74. The molecule has 3 aromatic rings. The third kappa shape index (κ3) is 2.88. The maximum Gasteiger partial charge on any atom is 0.261 e. The number of benzene rings is 1. The first kappa shape index (κ1) is 14.8. The third-order valence-corrected chi connectivity index (χ3v) is 4.61. The van der Waals surface area contributed by atoms with E-state index in [9.17, 15) is 4.79 Å². The van der Waals surface area contributed by atoms with Gasteiger partial charge in [-0.25, -0.2) is 0 Å². The predicted molar refractivity (Wildman–Crippen MR) is 91.0 cm³/mol. The molecule has 5 nitrogen and oxygen atoms in total. The van der Waals surface area contributed by atoms with Crippen molar-refractivity contribution >= 4 is 22.9 Å². The van der Waals surface area contributed by atoms with Crippen LogP contribution in [0, 0.1) is 0 Å². The van der Waals surface area contributed by atoms with Gasteiger partial charge in [0.25, 0.3) is 5.91 Å². The summed E-state index contributed by atoms with van der Waals surface area (Å²) in [6.07, 6.45) is 2.96. The van der Waals surface area contributed by atoms with Crippen LogP contribution in [0.3, 0.4) is 0 Å². The second-order valence-corrected chi connectivity index (χ2v) is 6.34. The molecule has 0 saturated heterocycles. The quantitative estimate of drug-likeness (QED) is 0.721. The lowest BCUT2D eigenvalue weighted by Gasteiger charge is -2.24. The molecule has 1 aromatic carbocycles. The van der Waals surface area contributed by atoms with Crippen molar-refractivity contribution < 1.29 is 18.7 Å². The fraction of sp³-hybridized carbons (Fsp3) is 0.167. The molecule has 0 spiro atoms. The molecular formula is C18H15NO4S. The average Bonchev–Trinajstić information content (AvgIpc) is 3.32. The summed E-state index contributed by atoms with van der Waals surface area (Å²) in [5.41, 5.74) is 1.28. The van der Waals surface area contributed by atoms with E-state index in [1.54, 1.807) is 22.3 Å². The molecule has 24 heavy (non-hydrogen) atoms. The number of anilines is 1. The molecule has 4 rings (SSSR count). The second-order valence-electron chi connectivity index (χ2n) is 5.31. The standard InChI is InChI=1S/C18H15NO4S/c20-18(13-5-6-21-12-13)19(11-15-2-1-9-24-15)14-3-4-16-17(10-14)23-8-7-22-16/h1-6,9-10,12H,7-8,11H2. The summed E-state index contributed by atoms with van der Waals surface area (Å²) >= 11 is 1.62. The number of hydrogen-bond acceptors (Lipinski definition) is 5. The fourth-order valence-electron chi connectivity index (χ4n) is 2.58. The first-order chi connectivity index (χ1) is 11.8. The van der Waals surface area contributed by atoms with Crippen LogP contribution in [0.5, 0.6) is 11.5 Å². The SMILES string of the molecule is O=C(c1ccoc1)N(Cc1cccs1)c1ccc2c(c1)OCCO2. The minimum atomic E-state index is -0.117. The van der Waals surface area contributed by atoms with Gasteiger partial charge in [-0.05, 0) is 29.6 Å². The lowest BCUT2D eigenvalue weighted by Crippen LogP contribution is -2.30. The van der Waals surface area contributed by atoms with Crippen LogP contribution in [0.1, 0.15) is 15.2 Å². The Bertz CT molecular complexity index is 827. The van der Waals surface area contributed by atoms with Crippen LogP contribution < -0.4 is 14.4 Å². The predicted octanol–water partition coefficient (Wildman–Crippen LogP) is 3.96. The van der Waals surface area contributed by atoms with Gasteiger partial charge in [0.15, 0.2) is 11.5 Å². The smallest absolute Gasteiger partial charge is 0.261 e. The Labute approximate surface area is 143 Å². The molecule has 2 aromatic heterocycles. The summed E-state index contributed by atoms with van der Waals surface area (Å²) in [4.78, 5) is 15.7. The monoisotopic (exact) mass is 341 g/mol.